The summed E-state index contributed by atoms with van der Waals surface area (Å²) in [7, 11) is -2.12. The Morgan fingerprint density at radius 1 is 0.971 bits per heavy atom. The van der Waals surface area contributed by atoms with Crippen molar-refractivity contribution >= 4 is 21.5 Å². The number of hydrogen-bond donors (Lipinski definition) is 2. The molecule has 0 bridgehead atoms. The molecule has 34 heavy (non-hydrogen) atoms. The highest BCUT2D eigenvalue weighted by molar-refractivity contribution is 7.91. The molecule has 1 aromatic carbocycles. The van der Waals surface area contributed by atoms with Crippen molar-refractivity contribution < 1.29 is 22.7 Å². The lowest BCUT2D eigenvalue weighted by Gasteiger charge is -2.31. The summed E-state index contributed by atoms with van der Waals surface area (Å²) in [5, 5.41) is 2.75. The molecular formula is C26H40N2O5S. The molecule has 2 fully saturated rings. The van der Waals surface area contributed by atoms with Crippen molar-refractivity contribution in [3.05, 3.63) is 29.8 Å². The van der Waals surface area contributed by atoms with Crippen molar-refractivity contribution in [2.45, 2.75) is 82.7 Å². The minimum Gasteiger partial charge on any atom is -0.497 e. The summed E-state index contributed by atoms with van der Waals surface area (Å²) < 4.78 is 31.5. The maximum atomic E-state index is 13.6. The second kappa shape index (κ2) is 12.2. The van der Waals surface area contributed by atoms with Gasteiger partial charge in [-0.25, -0.2) is 8.42 Å². The fourth-order valence-electron chi connectivity index (χ4n) is 5.36. The molecule has 7 nitrogen and oxygen atoms in total. The van der Waals surface area contributed by atoms with Gasteiger partial charge in [0.05, 0.1) is 18.6 Å². The number of rotatable bonds is 10. The van der Waals surface area contributed by atoms with Crippen LogP contribution in [0.25, 0.3) is 0 Å². The van der Waals surface area contributed by atoms with Crippen LogP contribution < -0.4 is 15.8 Å². The van der Waals surface area contributed by atoms with E-state index in [-0.39, 0.29) is 24.1 Å². The predicted molar refractivity (Wildman–Crippen MR) is 133 cm³/mol. The summed E-state index contributed by atoms with van der Waals surface area (Å²) in [6, 6.07) is 7.18. The molecule has 8 heteroatoms. The average Bonchev–Trinajstić information content (AvgIpc) is 3.12. The summed E-state index contributed by atoms with van der Waals surface area (Å²) >= 11 is 0. The van der Waals surface area contributed by atoms with E-state index < -0.39 is 32.8 Å². The fourth-order valence-corrected chi connectivity index (χ4v) is 7.49. The predicted octanol–water partition coefficient (Wildman–Crippen LogP) is 3.54. The third kappa shape index (κ3) is 7.28. The Hall–Kier alpha value is -1.93. The SMILES string of the molecule is COc1ccc(CNC(=O)[C@@](N)(CS(=O)(=O)CC2CCCCC2)C(=O)C2CCCCCC2)cc1. The van der Waals surface area contributed by atoms with Gasteiger partial charge in [0, 0.05) is 12.5 Å². The summed E-state index contributed by atoms with van der Waals surface area (Å²) in [4.78, 5) is 27.0. The molecule has 2 saturated carbocycles. The van der Waals surface area contributed by atoms with Crippen molar-refractivity contribution in [1.29, 1.82) is 0 Å². The largest absolute Gasteiger partial charge is 0.497 e. The smallest absolute Gasteiger partial charge is 0.249 e. The van der Waals surface area contributed by atoms with Crippen LogP contribution in [0.5, 0.6) is 5.75 Å². The van der Waals surface area contributed by atoms with Crippen molar-refractivity contribution in [3.63, 3.8) is 0 Å². The van der Waals surface area contributed by atoms with Gasteiger partial charge in [0.1, 0.15) is 5.75 Å². The highest BCUT2D eigenvalue weighted by Gasteiger charge is 2.48. The van der Waals surface area contributed by atoms with Crippen LogP contribution in [-0.2, 0) is 26.0 Å². The summed E-state index contributed by atoms with van der Waals surface area (Å²) in [6.07, 6.45) is 10.1. The van der Waals surface area contributed by atoms with Crippen LogP contribution >= 0.6 is 0 Å². The number of nitrogens with two attached hydrogens (primary N) is 1. The van der Waals surface area contributed by atoms with Gasteiger partial charge in [-0.1, -0.05) is 57.1 Å². The standard InChI is InChI=1S/C26H40N2O5S/c1-33-23-15-13-20(14-16-23)17-28-25(30)26(27,24(29)22-11-7-2-3-8-12-22)19-34(31,32)18-21-9-5-4-6-10-21/h13-16,21-22H,2-12,17-19,27H2,1H3,(H,28,30)/t26-/m1/s1. The molecular weight excluding hydrogens is 452 g/mol. The molecule has 0 aliphatic heterocycles. The van der Waals surface area contributed by atoms with E-state index >= 15 is 0 Å². The first-order valence-corrected chi connectivity index (χ1v) is 14.5. The maximum absolute atomic E-state index is 13.6. The van der Waals surface area contributed by atoms with Gasteiger partial charge in [-0.05, 0) is 49.3 Å². The molecule has 0 spiro atoms. The van der Waals surface area contributed by atoms with Gasteiger partial charge in [0.2, 0.25) is 5.91 Å². The number of carbonyl (C=O) groups is 2. The minimum absolute atomic E-state index is 0.00431. The minimum atomic E-state index is -3.69. The topological polar surface area (TPSA) is 116 Å². The van der Waals surface area contributed by atoms with Gasteiger partial charge >= 0.3 is 0 Å². The number of nitrogens with one attached hydrogen (secondary N) is 1. The molecule has 1 atom stereocenters. The summed E-state index contributed by atoms with van der Waals surface area (Å²) in [5.41, 5.74) is 5.24. The highest BCUT2D eigenvalue weighted by Crippen LogP contribution is 2.29. The second-order valence-corrected chi connectivity index (χ2v) is 12.2. The van der Waals surface area contributed by atoms with E-state index in [1.165, 1.54) is 0 Å². The number of carbonyl (C=O) groups excluding carboxylic acids is 2. The number of Topliss-reactive ketones (excluding diaryl/α,β-unsaturated/α-hetero) is 1. The molecule has 0 heterocycles. The van der Waals surface area contributed by atoms with Crippen molar-refractivity contribution in [2.75, 3.05) is 18.6 Å². The van der Waals surface area contributed by atoms with Crippen molar-refractivity contribution in [3.8, 4) is 5.75 Å². The van der Waals surface area contributed by atoms with Crippen LogP contribution in [0.2, 0.25) is 0 Å². The Morgan fingerprint density at radius 2 is 1.53 bits per heavy atom. The zero-order valence-electron chi connectivity index (χ0n) is 20.4. The van der Waals surface area contributed by atoms with Crippen LogP contribution in [-0.4, -0.2) is 44.3 Å². The first-order valence-electron chi connectivity index (χ1n) is 12.7. The van der Waals surface area contributed by atoms with Gasteiger partial charge in [0.25, 0.3) is 0 Å². The molecule has 3 rings (SSSR count). The summed E-state index contributed by atoms with van der Waals surface area (Å²) in [6.45, 7) is 0.155. The lowest BCUT2D eigenvalue weighted by Crippen LogP contribution is -2.65. The molecule has 0 aromatic heterocycles. The molecule has 2 aliphatic rings. The van der Waals surface area contributed by atoms with Crippen LogP contribution in [0.15, 0.2) is 24.3 Å². The van der Waals surface area contributed by atoms with Gasteiger partial charge in [-0.2, -0.15) is 0 Å². The zero-order valence-corrected chi connectivity index (χ0v) is 21.2. The fraction of sp³-hybridized carbons (Fsp3) is 0.692. The van der Waals surface area contributed by atoms with E-state index in [2.05, 4.69) is 5.32 Å². The van der Waals surface area contributed by atoms with Crippen LogP contribution in [0.4, 0.5) is 0 Å². The lowest BCUT2D eigenvalue weighted by atomic mass is 9.83. The Balaban J connectivity index is 1.77. The van der Waals surface area contributed by atoms with Gasteiger partial charge in [0.15, 0.2) is 21.2 Å². The Morgan fingerprint density at radius 3 is 2.12 bits per heavy atom. The summed E-state index contributed by atoms with van der Waals surface area (Å²) in [5.74, 6) is -1.35. The third-order valence-electron chi connectivity index (χ3n) is 7.34. The van der Waals surface area contributed by atoms with Gasteiger partial charge < -0.3 is 15.8 Å². The van der Waals surface area contributed by atoms with Gasteiger partial charge in [-0.3, -0.25) is 9.59 Å². The number of sulfone groups is 1. The Labute approximate surface area is 204 Å². The second-order valence-electron chi connectivity index (χ2n) is 10.1. The molecule has 190 valence electrons. The number of hydrogen-bond acceptors (Lipinski definition) is 6. The Kier molecular flexibility index (Phi) is 9.54. The average molecular weight is 493 g/mol. The van der Waals surface area contributed by atoms with E-state index in [0.717, 1.165) is 63.4 Å². The normalized spacial score (nSPS) is 20.2. The first kappa shape index (κ1) is 26.7. The number of methoxy groups -OCH3 is 1. The van der Waals surface area contributed by atoms with Crippen molar-refractivity contribution in [2.24, 2.45) is 17.6 Å². The van der Waals surface area contributed by atoms with Crippen LogP contribution in [0.3, 0.4) is 0 Å². The van der Waals surface area contributed by atoms with Crippen LogP contribution in [0.1, 0.15) is 76.2 Å². The quantitative estimate of drug-likeness (QED) is 0.381. The van der Waals surface area contributed by atoms with Crippen molar-refractivity contribution in [1.82, 2.24) is 5.32 Å². The van der Waals surface area contributed by atoms with Crippen LogP contribution in [0, 0.1) is 11.8 Å². The monoisotopic (exact) mass is 492 g/mol. The van der Waals surface area contributed by atoms with E-state index in [0.29, 0.717) is 18.6 Å². The Bertz CT molecular complexity index is 917. The maximum Gasteiger partial charge on any atom is 0.249 e. The van der Waals surface area contributed by atoms with E-state index in [1.807, 2.05) is 12.1 Å². The highest BCUT2D eigenvalue weighted by atomic mass is 32.2. The molecule has 3 N–H and O–H groups in total. The van der Waals surface area contributed by atoms with E-state index in [9.17, 15) is 18.0 Å². The number of ether oxygens (including phenoxy) is 1. The number of benzene rings is 1. The van der Waals surface area contributed by atoms with E-state index in [1.54, 1.807) is 19.2 Å². The molecule has 0 radical (unpaired) electrons. The van der Waals surface area contributed by atoms with Gasteiger partial charge in [-0.15, -0.1) is 0 Å². The number of amides is 1. The molecule has 0 saturated heterocycles. The first-order chi connectivity index (χ1) is 16.2. The molecule has 2 aliphatic carbocycles. The molecule has 1 aromatic rings. The zero-order chi connectivity index (χ0) is 24.6. The number of ketones is 1. The molecule has 1 amide bonds. The third-order valence-corrected chi connectivity index (χ3v) is 9.22. The molecule has 0 unspecified atom stereocenters. The van der Waals surface area contributed by atoms with E-state index in [4.69, 9.17) is 10.5 Å². The lowest BCUT2D eigenvalue weighted by molar-refractivity contribution is -0.137.